The number of thioether (sulfide) groups is 1. The Morgan fingerprint density at radius 1 is 1.25 bits per heavy atom. The van der Waals surface area contributed by atoms with Crippen molar-refractivity contribution in [1.82, 2.24) is 9.97 Å². The molecular weight excluding hydrogens is 274 g/mol. The molecule has 106 valence electrons. The van der Waals surface area contributed by atoms with Gasteiger partial charge in [0, 0.05) is 19.7 Å². The summed E-state index contributed by atoms with van der Waals surface area (Å²) in [6, 6.07) is 9.35. The van der Waals surface area contributed by atoms with Crippen LogP contribution in [0.3, 0.4) is 0 Å². The summed E-state index contributed by atoms with van der Waals surface area (Å²) in [5, 5.41) is 12.5. The molecule has 2 rings (SSSR count). The van der Waals surface area contributed by atoms with Crippen LogP contribution in [0.15, 0.2) is 35.5 Å². The molecule has 1 aromatic heterocycles. The van der Waals surface area contributed by atoms with Crippen LogP contribution in [0.1, 0.15) is 5.56 Å². The Hall–Kier alpha value is -1.79. The molecule has 2 aromatic rings. The number of benzene rings is 1. The van der Waals surface area contributed by atoms with Crippen LogP contribution in [-0.4, -0.2) is 35.0 Å². The Morgan fingerprint density at radius 2 is 2.00 bits per heavy atom. The van der Waals surface area contributed by atoms with Gasteiger partial charge in [-0.1, -0.05) is 23.9 Å². The molecule has 0 radical (unpaired) electrons. The maximum atomic E-state index is 8.88. The van der Waals surface area contributed by atoms with Crippen LogP contribution >= 0.6 is 11.8 Å². The van der Waals surface area contributed by atoms with Gasteiger partial charge in [-0.25, -0.2) is 4.98 Å². The molecule has 0 bridgehead atoms. The van der Waals surface area contributed by atoms with Gasteiger partial charge >= 0.3 is 0 Å². The Bertz CT molecular complexity index is 539. The number of aliphatic hydroxyl groups is 1. The highest BCUT2D eigenvalue weighted by Gasteiger charge is 2.05. The van der Waals surface area contributed by atoms with Gasteiger partial charge < -0.3 is 15.2 Å². The first-order chi connectivity index (χ1) is 9.75. The van der Waals surface area contributed by atoms with E-state index >= 15 is 0 Å². The lowest BCUT2D eigenvalue weighted by molar-refractivity contribution is 0.299. The third-order valence-electron chi connectivity index (χ3n) is 2.67. The zero-order valence-corrected chi connectivity index (χ0v) is 12.3. The van der Waals surface area contributed by atoms with Crippen molar-refractivity contribution in [3.8, 4) is 11.6 Å². The van der Waals surface area contributed by atoms with Crippen molar-refractivity contribution in [2.45, 2.75) is 11.6 Å². The lowest BCUT2D eigenvalue weighted by Gasteiger charge is -2.08. The van der Waals surface area contributed by atoms with E-state index in [-0.39, 0.29) is 6.61 Å². The Morgan fingerprint density at radius 3 is 2.60 bits per heavy atom. The molecule has 6 heteroatoms. The second-order valence-corrected chi connectivity index (χ2v) is 4.82. The van der Waals surface area contributed by atoms with Gasteiger partial charge in [-0.15, -0.1) is 0 Å². The molecule has 0 atom stereocenters. The maximum absolute atomic E-state index is 8.88. The molecule has 1 aromatic carbocycles. The number of ether oxygens (including phenoxy) is 1. The van der Waals surface area contributed by atoms with Gasteiger partial charge in [0.15, 0.2) is 5.16 Å². The Labute approximate surface area is 122 Å². The van der Waals surface area contributed by atoms with Crippen LogP contribution in [0.5, 0.6) is 11.6 Å². The van der Waals surface area contributed by atoms with E-state index in [0.29, 0.717) is 23.2 Å². The molecular formula is C14H17N3O2S. The fourth-order valence-electron chi connectivity index (χ4n) is 1.65. The largest absolute Gasteiger partial charge is 0.439 e. The quantitative estimate of drug-likeness (QED) is 0.630. The molecule has 2 N–H and O–H groups in total. The minimum absolute atomic E-state index is 0.148. The van der Waals surface area contributed by atoms with E-state index in [1.807, 2.05) is 30.5 Å². The van der Waals surface area contributed by atoms with E-state index in [1.54, 1.807) is 13.1 Å². The molecule has 0 saturated heterocycles. The number of aromatic nitrogens is 2. The summed E-state index contributed by atoms with van der Waals surface area (Å²) in [5.74, 6) is 1.93. The predicted molar refractivity (Wildman–Crippen MR) is 80.7 cm³/mol. The van der Waals surface area contributed by atoms with Crippen molar-refractivity contribution in [3.05, 3.63) is 35.9 Å². The summed E-state index contributed by atoms with van der Waals surface area (Å²) in [5.41, 5.74) is 1.07. The van der Waals surface area contributed by atoms with E-state index in [1.165, 1.54) is 11.8 Å². The van der Waals surface area contributed by atoms with Crippen LogP contribution in [-0.2, 0) is 6.42 Å². The number of aliphatic hydroxyl groups excluding tert-OH is 1. The maximum Gasteiger partial charge on any atom is 0.225 e. The third-order valence-corrected chi connectivity index (χ3v) is 3.21. The fourth-order valence-corrected chi connectivity index (χ4v) is 2.02. The molecule has 0 aliphatic heterocycles. The highest BCUT2D eigenvalue weighted by atomic mass is 32.2. The van der Waals surface area contributed by atoms with Gasteiger partial charge in [0.1, 0.15) is 11.6 Å². The van der Waals surface area contributed by atoms with Gasteiger partial charge in [0.25, 0.3) is 0 Å². The minimum atomic E-state index is 0.148. The molecule has 1 heterocycles. The highest BCUT2D eigenvalue weighted by Crippen LogP contribution is 2.24. The van der Waals surface area contributed by atoms with E-state index in [2.05, 4.69) is 15.3 Å². The average molecular weight is 291 g/mol. The van der Waals surface area contributed by atoms with Crippen molar-refractivity contribution in [2.24, 2.45) is 0 Å². The average Bonchev–Trinajstić information content (AvgIpc) is 2.49. The van der Waals surface area contributed by atoms with Crippen molar-refractivity contribution in [3.63, 3.8) is 0 Å². The molecule has 20 heavy (non-hydrogen) atoms. The number of hydrogen-bond acceptors (Lipinski definition) is 6. The Balaban J connectivity index is 2.16. The lowest BCUT2D eigenvalue weighted by atomic mass is 10.1. The number of anilines is 1. The third kappa shape index (κ3) is 3.85. The molecule has 0 amide bonds. The van der Waals surface area contributed by atoms with Crippen LogP contribution in [0.4, 0.5) is 5.82 Å². The zero-order valence-electron chi connectivity index (χ0n) is 11.5. The highest BCUT2D eigenvalue weighted by molar-refractivity contribution is 7.98. The van der Waals surface area contributed by atoms with Gasteiger partial charge in [0.2, 0.25) is 5.88 Å². The molecule has 5 nitrogen and oxygen atoms in total. The summed E-state index contributed by atoms with van der Waals surface area (Å²) in [7, 11) is 1.81. The number of nitrogens with one attached hydrogen (secondary N) is 1. The molecule has 0 aliphatic rings. The van der Waals surface area contributed by atoms with Gasteiger partial charge in [0.05, 0.1) is 0 Å². The van der Waals surface area contributed by atoms with Gasteiger partial charge in [-0.05, 0) is 30.4 Å². The smallest absolute Gasteiger partial charge is 0.225 e. The van der Waals surface area contributed by atoms with Gasteiger partial charge in [-0.3, -0.25) is 0 Å². The van der Waals surface area contributed by atoms with E-state index in [0.717, 1.165) is 11.4 Å². The first-order valence-electron chi connectivity index (χ1n) is 6.23. The zero-order chi connectivity index (χ0) is 14.4. The van der Waals surface area contributed by atoms with Crippen molar-refractivity contribution in [1.29, 1.82) is 0 Å². The van der Waals surface area contributed by atoms with Gasteiger partial charge in [-0.2, -0.15) is 4.98 Å². The van der Waals surface area contributed by atoms with Crippen molar-refractivity contribution < 1.29 is 9.84 Å². The monoisotopic (exact) mass is 291 g/mol. The predicted octanol–water partition coefficient (Wildman–Crippen LogP) is 2.57. The first-order valence-corrected chi connectivity index (χ1v) is 7.46. The second kappa shape index (κ2) is 7.12. The van der Waals surface area contributed by atoms with Crippen LogP contribution in [0.25, 0.3) is 0 Å². The molecule has 0 unspecified atom stereocenters. The van der Waals surface area contributed by atoms with Crippen molar-refractivity contribution in [2.75, 3.05) is 25.2 Å². The van der Waals surface area contributed by atoms with Crippen LogP contribution in [0.2, 0.25) is 0 Å². The number of rotatable bonds is 6. The molecule has 0 fully saturated rings. The topological polar surface area (TPSA) is 67.3 Å². The fraction of sp³-hybridized carbons (Fsp3) is 0.286. The first kappa shape index (κ1) is 14.6. The molecule has 0 aliphatic carbocycles. The lowest BCUT2D eigenvalue weighted by Crippen LogP contribution is -1.98. The number of hydrogen-bond donors (Lipinski definition) is 2. The van der Waals surface area contributed by atoms with Crippen LogP contribution in [0, 0.1) is 0 Å². The minimum Gasteiger partial charge on any atom is -0.439 e. The molecule has 0 saturated carbocycles. The summed E-state index contributed by atoms with van der Waals surface area (Å²) in [6.07, 6.45) is 2.57. The van der Waals surface area contributed by atoms with E-state index < -0.39 is 0 Å². The van der Waals surface area contributed by atoms with E-state index in [9.17, 15) is 0 Å². The molecule has 0 spiro atoms. The summed E-state index contributed by atoms with van der Waals surface area (Å²) in [4.78, 5) is 8.59. The number of nitrogens with zero attached hydrogens (tertiary/aromatic N) is 2. The standard InChI is InChI=1S/C14H17N3O2S/c1-15-12-9-13(17-14(16-12)20-2)19-11-5-3-10(4-6-11)7-8-18/h3-6,9,18H,7-8H2,1-2H3,(H,15,16,17). The second-order valence-electron chi connectivity index (χ2n) is 4.05. The van der Waals surface area contributed by atoms with Crippen LogP contribution < -0.4 is 10.1 Å². The van der Waals surface area contributed by atoms with E-state index in [4.69, 9.17) is 9.84 Å². The SMILES string of the molecule is CNc1cc(Oc2ccc(CCO)cc2)nc(SC)n1. The summed E-state index contributed by atoms with van der Waals surface area (Å²) >= 11 is 1.46. The Kier molecular flexibility index (Phi) is 5.20. The normalized spacial score (nSPS) is 10.3. The summed E-state index contributed by atoms with van der Waals surface area (Å²) in [6.45, 7) is 0.148. The summed E-state index contributed by atoms with van der Waals surface area (Å²) < 4.78 is 5.73. The van der Waals surface area contributed by atoms with Crippen molar-refractivity contribution >= 4 is 17.6 Å².